The molecule has 0 aliphatic carbocycles. The number of rotatable bonds is 6. The summed E-state index contributed by atoms with van der Waals surface area (Å²) >= 11 is 1.78. The van der Waals surface area contributed by atoms with Gasteiger partial charge in [-0.25, -0.2) is 0 Å². The lowest BCUT2D eigenvalue weighted by atomic mass is 9.84. The summed E-state index contributed by atoms with van der Waals surface area (Å²) in [6.07, 6.45) is 1.19. The number of nitrogens with zero attached hydrogens (tertiary/aromatic N) is 2. The van der Waals surface area contributed by atoms with Gasteiger partial charge < -0.3 is 15.0 Å². The number of halogens is 2. The van der Waals surface area contributed by atoms with Gasteiger partial charge in [-0.2, -0.15) is 0 Å². The zero-order valence-electron chi connectivity index (χ0n) is 16.1. The molecule has 2 aliphatic heterocycles. The van der Waals surface area contributed by atoms with Crippen LogP contribution in [0.1, 0.15) is 33.4 Å². The first-order valence-electron chi connectivity index (χ1n) is 9.46. The lowest BCUT2D eigenvalue weighted by molar-refractivity contribution is 0.184. The Labute approximate surface area is 182 Å². The van der Waals surface area contributed by atoms with Gasteiger partial charge in [-0.15, -0.1) is 36.2 Å². The predicted octanol–water partition coefficient (Wildman–Crippen LogP) is 2.76. The Morgan fingerprint density at radius 2 is 2.04 bits per heavy atom. The van der Waals surface area contributed by atoms with E-state index in [0.717, 1.165) is 31.7 Å². The van der Waals surface area contributed by atoms with Crippen molar-refractivity contribution in [1.29, 1.82) is 0 Å². The second kappa shape index (κ2) is 10.2. The molecule has 1 saturated heterocycles. The number of aryl methyl sites for hydroxylation is 1. The Balaban J connectivity index is 0.00000140. The van der Waals surface area contributed by atoms with Crippen LogP contribution in [0.25, 0.3) is 0 Å². The molecule has 2 aromatic heterocycles. The van der Waals surface area contributed by atoms with Gasteiger partial charge in [0.1, 0.15) is 0 Å². The summed E-state index contributed by atoms with van der Waals surface area (Å²) in [7, 11) is 0. The number of nitrogens with one attached hydrogen (secondary N) is 1. The van der Waals surface area contributed by atoms with Crippen LogP contribution in [0, 0.1) is 12.8 Å². The maximum Gasteiger partial charge on any atom is 0.255 e. The highest BCUT2D eigenvalue weighted by atomic mass is 35.5. The van der Waals surface area contributed by atoms with E-state index < -0.39 is 0 Å². The summed E-state index contributed by atoms with van der Waals surface area (Å²) in [6.45, 7) is 6.96. The van der Waals surface area contributed by atoms with Gasteiger partial charge in [-0.1, -0.05) is 6.07 Å². The van der Waals surface area contributed by atoms with E-state index in [1.807, 2.05) is 10.6 Å². The largest absolute Gasteiger partial charge is 0.395 e. The van der Waals surface area contributed by atoms with Crippen molar-refractivity contribution in [3.8, 4) is 0 Å². The fourth-order valence-electron chi connectivity index (χ4n) is 4.34. The molecule has 2 aliphatic rings. The topological polar surface area (TPSA) is 57.5 Å². The van der Waals surface area contributed by atoms with Crippen molar-refractivity contribution in [2.24, 2.45) is 5.92 Å². The summed E-state index contributed by atoms with van der Waals surface area (Å²) in [4.78, 5) is 17.8. The van der Waals surface area contributed by atoms with Crippen LogP contribution >= 0.6 is 36.2 Å². The number of fused-ring (bicyclic) bond motifs is 4. The van der Waals surface area contributed by atoms with E-state index in [-0.39, 0.29) is 37.0 Å². The first-order chi connectivity index (χ1) is 12.6. The van der Waals surface area contributed by atoms with Crippen molar-refractivity contribution >= 4 is 36.2 Å². The van der Waals surface area contributed by atoms with Crippen molar-refractivity contribution in [2.75, 3.05) is 26.2 Å². The van der Waals surface area contributed by atoms with Crippen LogP contribution in [0.2, 0.25) is 0 Å². The van der Waals surface area contributed by atoms with Crippen LogP contribution in [0.3, 0.4) is 0 Å². The molecule has 2 atom stereocenters. The Hall–Kier alpha value is -0.890. The van der Waals surface area contributed by atoms with Crippen molar-refractivity contribution in [2.45, 2.75) is 38.9 Å². The van der Waals surface area contributed by atoms with Crippen molar-refractivity contribution in [3.63, 3.8) is 0 Å². The minimum absolute atomic E-state index is 0. The highest BCUT2D eigenvalue weighted by Gasteiger charge is 2.31. The fourth-order valence-corrected chi connectivity index (χ4v) is 5.28. The van der Waals surface area contributed by atoms with Crippen LogP contribution in [-0.4, -0.2) is 40.8 Å². The number of aliphatic hydroxyl groups is 1. The SMILES string of the molecule is Cc1ccc(CN(CCO)Cc2ccc3n(c2=O)C[C@@H]2CNC[C@H]3C2)s1.Cl.Cl. The number of hydrogen-bond acceptors (Lipinski definition) is 5. The molecule has 0 unspecified atom stereocenters. The molecule has 2 bridgehead atoms. The molecule has 8 heteroatoms. The molecular weight excluding hydrogens is 417 g/mol. The molecule has 4 heterocycles. The number of piperidine rings is 1. The van der Waals surface area contributed by atoms with E-state index in [0.29, 0.717) is 24.9 Å². The second-order valence-corrected chi connectivity index (χ2v) is 8.98. The average Bonchev–Trinajstić information content (AvgIpc) is 3.03. The zero-order chi connectivity index (χ0) is 18.1. The lowest BCUT2D eigenvalue weighted by Crippen LogP contribution is -2.45. The van der Waals surface area contributed by atoms with E-state index in [4.69, 9.17) is 0 Å². The Morgan fingerprint density at radius 1 is 1.21 bits per heavy atom. The Kier molecular flexibility index (Phi) is 8.55. The molecule has 4 rings (SSSR count). The van der Waals surface area contributed by atoms with Crippen molar-refractivity contribution in [3.05, 3.63) is 55.6 Å². The van der Waals surface area contributed by atoms with Crippen molar-refractivity contribution < 1.29 is 5.11 Å². The molecule has 28 heavy (non-hydrogen) atoms. The van der Waals surface area contributed by atoms with Gasteiger partial charge in [0, 0.05) is 59.7 Å². The quantitative estimate of drug-likeness (QED) is 0.717. The zero-order valence-corrected chi connectivity index (χ0v) is 18.5. The minimum Gasteiger partial charge on any atom is -0.395 e. The van der Waals surface area contributed by atoms with Crippen LogP contribution < -0.4 is 10.9 Å². The van der Waals surface area contributed by atoms with Gasteiger partial charge in [0.05, 0.1) is 6.61 Å². The summed E-state index contributed by atoms with van der Waals surface area (Å²) in [6, 6.07) is 8.42. The normalized spacial score (nSPS) is 20.2. The first-order valence-corrected chi connectivity index (χ1v) is 10.3. The molecule has 1 fully saturated rings. The Bertz CT molecular complexity index is 839. The molecule has 156 valence electrons. The van der Waals surface area contributed by atoms with Crippen LogP contribution in [0.4, 0.5) is 0 Å². The van der Waals surface area contributed by atoms with Gasteiger partial charge in [-0.3, -0.25) is 9.69 Å². The van der Waals surface area contributed by atoms with E-state index in [9.17, 15) is 9.90 Å². The van der Waals surface area contributed by atoms with E-state index in [1.54, 1.807) is 11.3 Å². The fraction of sp³-hybridized carbons (Fsp3) is 0.550. The summed E-state index contributed by atoms with van der Waals surface area (Å²) in [5.41, 5.74) is 2.18. The third-order valence-electron chi connectivity index (χ3n) is 5.57. The smallest absolute Gasteiger partial charge is 0.255 e. The maximum absolute atomic E-state index is 13.1. The molecule has 0 spiro atoms. The lowest BCUT2D eigenvalue weighted by Gasteiger charge is -2.37. The second-order valence-electron chi connectivity index (χ2n) is 7.60. The summed E-state index contributed by atoms with van der Waals surface area (Å²) in [5.74, 6) is 1.03. The van der Waals surface area contributed by atoms with Crippen LogP contribution in [0.5, 0.6) is 0 Å². The monoisotopic (exact) mass is 445 g/mol. The number of aliphatic hydroxyl groups excluding tert-OH is 1. The van der Waals surface area contributed by atoms with Gasteiger partial charge >= 0.3 is 0 Å². The van der Waals surface area contributed by atoms with E-state index >= 15 is 0 Å². The van der Waals surface area contributed by atoms with Crippen LogP contribution in [-0.2, 0) is 19.6 Å². The van der Waals surface area contributed by atoms with Gasteiger partial charge in [0.25, 0.3) is 5.56 Å². The summed E-state index contributed by atoms with van der Waals surface area (Å²) in [5, 5.41) is 12.9. The van der Waals surface area contributed by atoms with Gasteiger partial charge in [-0.05, 0) is 44.0 Å². The molecular formula is C20H29Cl2N3O2S. The number of aromatic nitrogens is 1. The summed E-state index contributed by atoms with van der Waals surface area (Å²) < 4.78 is 2.02. The number of hydrogen-bond donors (Lipinski definition) is 2. The molecule has 2 aromatic rings. The Morgan fingerprint density at radius 3 is 2.75 bits per heavy atom. The maximum atomic E-state index is 13.1. The minimum atomic E-state index is 0. The number of pyridine rings is 1. The third-order valence-corrected chi connectivity index (χ3v) is 6.56. The molecule has 2 N–H and O–H groups in total. The molecule has 0 amide bonds. The third kappa shape index (κ3) is 4.99. The van der Waals surface area contributed by atoms with Crippen molar-refractivity contribution in [1.82, 2.24) is 14.8 Å². The molecule has 0 radical (unpaired) electrons. The average molecular weight is 446 g/mol. The highest BCUT2D eigenvalue weighted by molar-refractivity contribution is 7.11. The standard InChI is InChI=1S/C20H27N3O2S.2ClH/c1-14-2-4-18(26-14)13-22(6-7-24)12-16-3-5-19-17-8-15(9-21-10-17)11-23(19)20(16)25;;/h2-5,15,17,21,24H,6-13H2,1H3;2*1H/t15-,17+;;/m0../s1. The molecule has 0 aromatic carbocycles. The van der Waals surface area contributed by atoms with Crippen LogP contribution in [0.15, 0.2) is 29.1 Å². The first kappa shape index (κ1) is 23.4. The molecule has 0 saturated carbocycles. The highest BCUT2D eigenvalue weighted by Crippen LogP contribution is 2.31. The van der Waals surface area contributed by atoms with E-state index in [1.165, 1.54) is 21.9 Å². The molecule has 5 nitrogen and oxygen atoms in total. The number of thiophene rings is 1. The van der Waals surface area contributed by atoms with E-state index in [2.05, 4.69) is 35.3 Å². The van der Waals surface area contributed by atoms with Gasteiger partial charge in [0.15, 0.2) is 0 Å². The predicted molar refractivity (Wildman–Crippen MR) is 119 cm³/mol. The van der Waals surface area contributed by atoms with Gasteiger partial charge in [0.2, 0.25) is 0 Å².